The highest BCUT2D eigenvalue weighted by Crippen LogP contribution is 2.27. The summed E-state index contributed by atoms with van der Waals surface area (Å²) in [5, 5.41) is 19.0. The fourth-order valence-corrected chi connectivity index (χ4v) is 3.15. The van der Waals surface area contributed by atoms with E-state index in [0.717, 1.165) is 26.2 Å². The summed E-state index contributed by atoms with van der Waals surface area (Å²) >= 11 is 0. The van der Waals surface area contributed by atoms with Crippen LogP contribution in [-0.4, -0.2) is 81.6 Å². The van der Waals surface area contributed by atoms with Gasteiger partial charge in [-0.1, -0.05) is 0 Å². The second kappa shape index (κ2) is 9.84. The zero-order valence-corrected chi connectivity index (χ0v) is 16.2. The number of piperazine rings is 1. The maximum Gasteiger partial charge on any atom is 0.330 e. The monoisotopic (exact) mass is 412 g/mol. The standard InChI is InChI=1S/C15H24N4O5.2ClH/c1-17-2-4-18(5-3-17)7-10-8-19(15(23)16-14(10)22)13-6-11(21)12(9-20)24-13;;/h8,11-13,20-21H,2-7,9H2,1H3,(H,16,22,23);2*1H/t11-,12+,13+;;/m0../s1. The number of ether oxygens (including phenoxy) is 1. The van der Waals surface area contributed by atoms with E-state index in [1.54, 1.807) is 0 Å². The van der Waals surface area contributed by atoms with Crippen LogP contribution in [0.2, 0.25) is 0 Å². The maximum atomic E-state index is 12.1. The third-order valence-corrected chi connectivity index (χ3v) is 4.73. The van der Waals surface area contributed by atoms with E-state index in [1.165, 1.54) is 10.8 Å². The minimum atomic E-state index is -0.833. The van der Waals surface area contributed by atoms with Gasteiger partial charge in [-0.05, 0) is 7.05 Å². The van der Waals surface area contributed by atoms with Crippen molar-refractivity contribution in [2.75, 3.05) is 39.8 Å². The molecule has 150 valence electrons. The molecule has 2 aliphatic rings. The van der Waals surface area contributed by atoms with Crippen LogP contribution in [0.15, 0.2) is 15.8 Å². The topological polar surface area (TPSA) is 111 Å². The molecule has 11 heteroatoms. The smallest absolute Gasteiger partial charge is 0.330 e. The third kappa shape index (κ3) is 5.07. The number of hydrogen-bond acceptors (Lipinski definition) is 7. The molecule has 26 heavy (non-hydrogen) atoms. The van der Waals surface area contributed by atoms with E-state index in [1.807, 2.05) is 0 Å². The van der Waals surface area contributed by atoms with Crippen LogP contribution in [-0.2, 0) is 11.3 Å². The first-order chi connectivity index (χ1) is 11.5. The van der Waals surface area contributed by atoms with Gasteiger partial charge in [-0.25, -0.2) is 4.79 Å². The Morgan fingerprint density at radius 3 is 2.46 bits per heavy atom. The number of aliphatic hydroxyl groups is 2. The number of likely N-dealkylation sites (N-methyl/N-ethyl adjacent to an activating group) is 1. The third-order valence-electron chi connectivity index (χ3n) is 4.73. The van der Waals surface area contributed by atoms with Crippen molar-refractivity contribution in [2.24, 2.45) is 0 Å². The summed E-state index contributed by atoms with van der Waals surface area (Å²) in [6.45, 7) is 3.74. The predicted molar refractivity (Wildman–Crippen MR) is 100 cm³/mol. The molecule has 0 bridgehead atoms. The second-order valence-electron chi connectivity index (χ2n) is 6.52. The molecule has 2 saturated heterocycles. The van der Waals surface area contributed by atoms with Crippen molar-refractivity contribution in [3.8, 4) is 0 Å². The van der Waals surface area contributed by atoms with Crippen LogP contribution in [0.4, 0.5) is 0 Å². The summed E-state index contributed by atoms with van der Waals surface area (Å²) in [6, 6.07) is 0. The van der Waals surface area contributed by atoms with Gasteiger partial charge in [0.1, 0.15) is 12.3 Å². The Morgan fingerprint density at radius 2 is 1.88 bits per heavy atom. The molecule has 1 aromatic heterocycles. The lowest BCUT2D eigenvalue weighted by Crippen LogP contribution is -2.45. The number of aromatic nitrogens is 2. The first-order valence-electron chi connectivity index (χ1n) is 8.17. The predicted octanol–water partition coefficient (Wildman–Crippen LogP) is -1.23. The number of nitrogens with one attached hydrogen (secondary N) is 1. The molecular weight excluding hydrogens is 387 g/mol. The molecule has 2 fully saturated rings. The van der Waals surface area contributed by atoms with Crippen LogP contribution >= 0.6 is 24.8 Å². The van der Waals surface area contributed by atoms with E-state index in [0.29, 0.717) is 12.1 Å². The van der Waals surface area contributed by atoms with E-state index in [4.69, 9.17) is 9.84 Å². The van der Waals surface area contributed by atoms with Gasteiger partial charge in [0.25, 0.3) is 5.56 Å². The summed E-state index contributed by atoms with van der Waals surface area (Å²) in [7, 11) is 2.06. The zero-order valence-electron chi connectivity index (χ0n) is 14.5. The summed E-state index contributed by atoms with van der Waals surface area (Å²) in [5.74, 6) is 0. The number of H-pyrrole nitrogens is 1. The Labute approximate surface area is 163 Å². The molecule has 2 aliphatic heterocycles. The molecule has 0 saturated carbocycles. The fraction of sp³-hybridized carbons (Fsp3) is 0.733. The van der Waals surface area contributed by atoms with E-state index in [-0.39, 0.29) is 37.8 Å². The normalized spacial score (nSPS) is 27.0. The highest BCUT2D eigenvalue weighted by Gasteiger charge is 2.35. The first-order valence-corrected chi connectivity index (χ1v) is 8.17. The van der Waals surface area contributed by atoms with E-state index < -0.39 is 29.7 Å². The number of rotatable bonds is 4. The largest absolute Gasteiger partial charge is 0.394 e. The van der Waals surface area contributed by atoms with Gasteiger partial charge in [0.05, 0.1) is 12.7 Å². The Morgan fingerprint density at radius 1 is 1.23 bits per heavy atom. The highest BCUT2D eigenvalue weighted by atomic mass is 35.5. The number of aliphatic hydroxyl groups excluding tert-OH is 2. The van der Waals surface area contributed by atoms with Crippen LogP contribution in [0.1, 0.15) is 18.2 Å². The molecule has 0 unspecified atom stereocenters. The van der Waals surface area contributed by atoms with Gasteiger partial charge in [0.15, 0.2) is 0 Å². The van der Waals surface area contributed by atoms with E-state index in [9.17, 15) is 14.7 Å². The lowest BCUT2D eigenvalue weighted by Gasteiger charge is -2.32. The summed E-state index contributed by atoms with van der Waals surface area (Å²) in [4.78, 5) is 30.9. The summed E-state index contributed by atoms with van der Waals surface area (Å²) in [6.07, 6.45) is -0.524. The van der Waals surface area contributed by atoms with Gasteiger partial charge in [-0.15, -0.1) is 24.8 Å². The number of nitrogens with zero attached hydrogens (tertiary/aromatic N) is 3. The average molecular weight is 413 g/mol. The van der Waals surface area contributed by atoms with E-state index in [2.05, 4.69) is 21.8 Å². The van der Waals surface area contributed by atoms with Crippen LogP contribution in [0.5, 0.6) is 0 Å². The lowest BCUT2D eigenvalue weighted by molar-refractivity contribution is -0.0460. The lowest BCUT2D eigenvalue weighted by atomic mass is 10.2. The molecule has 3 rings (SSSR count). The molecule has 0 spiro atoms. The van der Waals surface area contributed by atoms with Gasteiger partial charge in [-0.3, -0.25) is 19.2 Å². The van der Waals surface area contributed by atoms with Crippen molar-refractivity contribution in [3.05, 3.63) is 32.6 Å². The summed E-state index contributed by atoms with van der Waals surface area (Å²) in [5.41, 5.74) is -0.477. The van der Waals surface area contributed by atoms with Crippen molar-refractivity contribution >= 4 is 24.8 Å². The summed E-state index contributed by atoms with van der Waals surface area (Å²) < 4.78 is 6.81. The average Bonchev–Trinajstić information content (AvgIpc) is 2.92. The maximum absolute atomic E-state index is 12.1. The molecule has 3 atom stereocenters. The molecule has 3 heterocycles. The Bertz CT molecular complexity index is 689. The second-order valence-corrected chi connectivity index (χ2v) is 6.52. The Hall–Kier alpha value is -0.940. The minimum absolute atomic E-state index is 0. The van der Waals surface area contributed by atoms with Crippen LogP contribution in [0.25, 0.3) is 0 Å². The van der Waals surface area contributed by atoms with Crippen LogP contribution < -0.4 is 11.2 Å². The van der Waals surface area contributed by atoms with Crippen molar-refractivity contribution in [3.63, 3.8) is 0 Å². The molecule has 3 N–H and O–H groups in total. The van der Waals surface area contributed by atoms with Gasteiger partial charge in [0.2, 0.25) is 0 Å². The first kappa shape index (κ1) is 23.1. The van der Waals surface area contributed by atoms with Gasteiger partial charge < -0.3 is 19.8 Å². The zero-order chi connectivity index (χ0) is 17.3. The molecular formula is C15H26Cl2N4O5. The fourth-order valence-electron chi connectivity index (χ4n) is 3.15. The Kier molecular flexibility index (Phi) is 8.74. The number of aromatic amines is 1. The van der Waals surface area contributed by atoms with Crippen molar-refractivity contribution < 1.29 is 14.9 Å². The highest BCUT2D eigenvalue weighted by molar-refractivity contribution is 5.85. The molecule has 0 aromatic carbocycles. The number of hydrogen-bond donors (Lipinski definition) is 3. The van der Waals surface area contributed by atoms with Crippen LogP contribution in [0.3, 0.4) is 0 Å². The minimum Gasteiger partial charge on any atom is -0.394 e. The molecule has 0 radical (unpaired) electrons. The van der Waals surface area contributed by atoms with Gasteiger partial charge >= 0.3 is 5.69 Å². The quantitative estimate of drug-likeness (QED) is 0.567. The van der Waals surface area contributed by atoms with Crippen molar-refractivity contribution in [2.45, 2.75) is 31.4 Å². The SMILES string of the molecule is CN1CCN(Cc2cn([C@H]3C[C@H](O)[C@@H](CO)O3)c(=O)[nH]c2=O)CC1.Cl.Cl. The molecule has 0 amide bonds. The van der Waals surface area contributed by atoms with E-state index >= 15 is 0 Å². The molecule has 9 nitrogen and oxygen atoms in total. The van der Waals surface area contributed by atoms with Gasteiger partial charge in [0, 0.05) is 50.9 Å². The van der Waals surface area contributed by atoms with Gasteiger partial charge in [-0.2, -0.15) is 0 Å². The van der Waals surface area contributed by atoms with Crippen molar-refractivity contribution in [1.29, 1.82) is 0 Å². The number of halogens is 2. The Balaban J connectivity index is 0.00000169. The van der Waals surface area contributed by atoms with Crippen LogP contribution in [0, 0.1) is 0 Å². The molecule has 0 aliphatic carbocycles. The van der Waals surface area contributed by atoms with Crippen molar-refractivity contribution in [1.82, 2.24) is 19.4 Å². The molecule has 1 aromatic rings.